The van der Waals surface area contributed by atoms with Crippen LogP contribution in [0.2, 0.25) is 0 Å². The smallest absolute Gasteiger partial charge is 0.284 e. The van der Waals surface area contributed by atoms with Gasteiger partial charge in [0.15, 0.2) is 5.01 Å². The van der Waals surface area contributed by atoms with Crippen LogP contribution in [0.5, 0.6) is 0 Å². The molecule has 0 fully saturated rings. The summed E-state index contributed by atoms with van der Waals surface area (Å²) in [5, 5.41) is 4.38. The van der Waals surface area contributed by atoms with E-state index >= 15 is 0 Å². The van der Waals surface area contributed by atoms with Crippen LogP contribution in [-0.2, 0) is 12.8 Å². The van der Waals surface area contributed by atoms with Crippen molar-refractivity contribution in [2.24, 2.45) is 0 Å². The molecule has 2 aromatic carbocycles. The topological polar surface area (TPSA) is 74.8 Å². The predicted octanol–water partition coefficient (Wildman–Crippen LogP) is 3.88. The monoisotopic (exact) mass is 361 g/mol. The zero-order chi connectivity index (χ0) is 17.7. The van der Waals surface area contributed by atoms with E-state index in [9.17, 15) is 9.59 Å². The molecule has 1 amide bonds. The molecule has 4 aromatic rings. The van der Waals surface area contributed by atoms with Crippen molar-refractivity contribution in [2.45, 2.75) is 19.3 Å². The molecule has 1 aliphatic rings. The van der Waals surface area contributed by atoms with Crippen molar-refractivity contribution in [1.82, 2.24) is 9.97 Å². The highest BCUT2D eigenvalue weighted by molar-refractivity contribution is 7.20. The van der Waals surface area contributed by atoms with Gasteiger partial charge in [0.2, 0.25) is 0 Å². The number of aromatic nitrogens is 2. The van der Waals surface area contributed by atoms with Crippen molar-refractivity contribution in [1.29, 1.82) is 0 Å². The molecule has 2 aromatic heterocycles. The summed E-state index contributed by atoms with van der Waals surface area (Å²) in [6.45, 7) is 0. The third-order valence-corrected chi connectivity index (χ3v) is 5.87. The van der Waals surface area contributed by atoms with Gasteiger partial charge in [-0.1, -0.05) is 18.2 Å². The van der Waals surface area contributed by atoms with Crippen molar-refractivity contribution in [3.63, 3.8) is 0 Å². The summed E-state index contributed by atoms with van der Waals surface area (Å²) in [4.78, 5) is 32.1. The van der Waals surface area contributed by atoms with E-state index in [1.54, 1.807) is 0 Å². The molecule has 2 heterocycles. The number of aryl methyl sites for hydroxylation is 1. The number of anilines is 1. The average molecular weight is 361 g/mol. The molecule has 0 unspecified atom stereocenters. The third kappa shape index (κ3) is 2.42. The van der Waals surface area contributed by atoms with Gasteiger partial charge in [-0.2, -0.15) is 0 Å². The molecule has 0 radical (unpaired) electrons. The summed E-state index contributed by atoms with van der Waals surface area (Å²) in [6.07, 6.45) is 2.80. The van der Waals surface area contributed by atoms with Crippen LogP contribution in [0.15, 0.2) is 47.3 Å². The van der Waals surface area contributed by atoms with Crippen molar-refractivity contribution in [2.75, 3.05) is 5.32 Å². The molecule has 0 bridgehead atoms. The number of hydrogen-bond donors (Lipinski definition) is 2. The second-order valence-corrected chi connectivity index (χ2v) is 7.50. The highest BCUT2D eigenvalue weighted by atomic mass is 32.1. The molecule has 26 heavy (non-hydrogen) atoms. The Morgan fingerprint density at radius 3 is 2.85 bits per heavy atom. The van der Waals surface area contributed by atoms with E-state index in [4.69, 9.17) is 0 Å². The maximum absolute atomic E-state index is 12.5. The summed E-state index contributed by atoms with van der Waals surface area (Å²) in [6, 6.07) is 13.4. The summed E-state index contributed by atoms with van der Waals surface area (Å²) < 4.78 is 0.982. The minimum Gasteiger partial charge on any atom is -0.322 e. The highest BCUT2D eigenvalue weighted by Gasteiger charge is 2.18. The third-order valence-electron chi connectivity index (χ3n) is 4.83. The first kappa shape index (κ1) is 15.3. The van der Waals surface area contributed by atoms with E-state index in [-0.39, 0.29) is 11.5 Å². The lowest BCUT2D eigenvalue weighted by molar-refractivity contribution is 0.102. The molecule has 0 saturated carbocycles. The molecule has 0 aliphatic heterocycles. The van der Waals surface area contributed by atoms with E-state index < -0.39 is 0 Å². The first-order valence-corrected chi connectivity index (χ1v) is 9.35. The number of nitrogens with one attached hydrogen (secondary N) is 2. The number of para-hydroxylation sites is 1. The Hall–Kier alpha value is -2.99. The van der Waals surface area contributed by atoms with Crippen molar-refractivity contribution < 1.29 is 4.79 Å². The SMILES string of the molecule is O=C(Nc1ccc2c3c(c(=O)[nH]c2c1)CCC3)c1nc2ccccc2s1. The number of pyridine rings is 1. The fourth-order valence-electron chi connectivity index (χ4n) is 3.63. The Morgan fingerprint density at radius 1 is 1.12 bits per heavy atom. The van der Waals surface area contributed by atoms with Gasteiger partial charge in [0.25, 0.3) is 11.5 Å². The first-order chi connectivity index (χ1) is 12.7. The van der Waals surface area contributed by atoms with Gasteiger partial charge in [-0.3, -0.25) is 9.59 Å². The van der Waals surface area contributed by atoms with Gasteiger partial charge in [-0.25, -0.2) is 4.98 Å². The van der Waals surface area contributed by atoms with Gasteiger partial charge < -0.3 is 10.3 Å². The average Bonchev–Trinajstić information content (AvgIpc) is 3.29. The number of hydrogen-bond acceptors (Lipinski definition) is 4. The Kier molecular flexibility index (Phi) is 3.39. The number of nitrogens with zero attached hydrogens (tertiary/aromatic N) is 1. The summed E-state index contributed by atoms with van der Waals surface area (Å²) in [5.74, 6) is -0.242. The van der Waals surface area contributed by atoms with Gasteiger partial charge in [0.1, 0.15) is 0 Å². The van der Waals surface area contributed by atoms with E-state index in [0.29, 0.717) is 10.7 Å². The van der Waals surface area contributed by atoms with Crippen molar-refractivity contribution in [3.8, 4) is 0 Å². The minimum atomic E-state index is -0.242. The van der Waals surface area contributed by atoms with E-state index in [2.05, 4.69) is 15.3 Å². The number of carbonyl (C=O) groups excluding carboxylic acids is 1. The zero-order valence-electron chi connectivity index (χ0n) is 13.8. The number of amides is 1. The molecule has 128 valence electrons. The lowest BCUT2D eigenvalue weighted by Gasteiger charge is -2.08. The quantitative estimate of drug-likeness (QED) is 0.569. The molecule has 0 saturated heterocycles. The molecular weight excluding hydrogens is 346 g/mol. The van der Waals surface area contributed by atoms with E-state index in [0.717, 1.165) is 51.5 Å². The number of H-pyrrole nitrogens is 1. The van der Waals surface area contributed by atoms with Gasteiger partial charge >= 0.3 is 0 Å². The largest absolute Gasteiger partial charge is 0.322 e. The maximum Gasteiger partial charge on any atom is 0.284 e. The number of benzene rings is 2. The van der Waals surface area contributed by atoms with Crippen LogP contribution in [0.3, 0.4) is 0 Å². The van der Waals surface area contributed by atoms with Gasteiger partial charge in [0, 0.05) is 16.6 Å². The van der Waals surface area contributed by atoms with Crippen LogP contribution in [-0.4, -0.2) is 15.9 Å². The highest BCUT2D eigenvalue weighted by Crippen LogP contribution is 2.28. The summed E-state index contributed by atoms with van der Waals surface area (Å²) in [5.41, 5.74) is 4.27. The maximum atomic E-state index is 12.5. The number of thiazole rings is 1. The number of carbonyl (C=O) groups is 1. The Balaban J connectivity index is 1.50. The minimum absolute atomic E-state index is 0.0142. The Morgan fingerprint density at radius 2 is 1.96 bits per heavy atom. The van der Waals surface area contributed by atoms with E-state index in [1.807, 2.05) is 42.5 Å². The molecule has 6 heteroatoms. The second-order valence-electron chi connectivity index (χ2n) is 6.47. The van der Waals surface area contributed by atoms with Gasteiger partial charge in [0.05, 0.1) is 15.7 Å². The van der Waals surface area contributed by atoms with E-state index in [1.165, 1.54) is 11.3 Å². The molecule has 5 rings (SSSR count). The van der Waals surface area contributed by atoms with Crippen LogP contribution in [0.25, 0.3) is 21.1 Å². The first-order valence-electron chi connectivity index (χ1n) is 8.54. The lowest BCUT2D eigenvalue weighted by atomic mass is 10.1. The van der Waals surface area contributed by atoms with Gasteiger partial charge in [-0.05, 0) is 49.1 Å². The number of fused-ring (bicyclic) bond motifs is 4. The zero-order valence-corrected chi connectivity index (χ0v) is 14.7. The Labute approximate surface area is 152 Å². The standard InChI is InChI=1S/C20H15N3O2S/c24-18-14-5-3-4-12(14)13-9-8-11(10-16(13)22-18)21-19(25)20-23-15-6-1-2-7-17(15)26-20/h1-2,6-10H,3-5H2,(H,21,25)(H,22,24). The Bertz CT molecular complexity index is 1210. The van der Waals surface area contributed by atoms with Crippen LogP contribution < -0.4 is 10.9 Å². The molecule has 0 atom stereocenters. The van der Waals surface area contributed by atoms with Crippen molar-refractivity contribution >= 4 is 44.1 Å². The number of rotatable bonds is 2. The molecular formula is C20H15N3O2S. The second kappa shape index (κ2) is 5.78. The molecule has 1 aliphatic carbocycles. The lowest BCUT2D eigenvalue weighted by Crippen LogP contribution is -2.14. The summed E-state index contributed by atoms with van der Waals surface area (Å²) in [7, 11) is 0. The molecule has 5 nitrogen and oxygen atoms in total. The fourth-order valence-corrected chi connectivity index (χ4v) is 4.49. The molecule has 2 N–H and O–H groups in total. The normalized spacial score (nSPS) is 13.2. The molecule has 0 spiro atoms. The van der Waals surface area contributed by atoms with Crippen LogP contribution in [0, 0.1) is 0 Å². The van der Waals surface area contributed by atoms with Gasteiger partial charge in [-0.15, -0.1) is 11.3 Å². The summed E-state index contributed by atoms with van der Waals surface area (Å²) >= 11 is 1.37. The van der Waals surface area contributed by atoms with Crippen molar-refractivity contribution in [3.05, 3.63) is 69.0 Å². The van der Waals surface area contributed by atoms with Crippen LogP contribution in [0.4, 0.5) is 5.69 Å². The van der Waals surface area contributed by atoms with Crippen LogP contribution in [0.1, 0.15) is 27.3 Å². The predicted molar refractivity (Wildman–Crippen MR) is 104 cm³/mol. The van der Waals surface area contributed by atoms with Crippen LogP contribution >= 0.6 is 11.3 Å². The number of aromatic amines is 1. The fraction of sp³-hybridized carbons (Fsp3) is 0.150.